The average molecular weight is 151 g/mol. The van der Waals surface area contributed by atoms with Gasteiger partial charge in [-0.2, -0.15) is 0 Å². The Morgan fingerprint density at radius 1 is 1.45 bits per heavy atom. The largest absolute Gasteiger partial charge is 0.491 e. The molecule has 0 bridgehead atoms. The minimum Gasteiger partial charge on any atom is -0.491 e. The highest BCUT2D eigenvalue weighted by Gasteiger charge is 1.97. The number of hydrogen-bond donors (Lipinski definition) is 0. The van der Waals surface area contributed by atoms with Crippen LogP contribution in [-0.2, 0) is 0 Å². The van der Waals surface area contributed by atoms with Crippen molar-refractivity contribution in [1.29, 1.82) is 0 Å². The maximum absolute atomic E-state index is 7.41. The van der Waals surface area contributed by atoms with Crippen molar-refractivity contribution in [3.63, 3.8) is 0 Å². The predicted octanol–water partition coefficient (Wildman–Crippen LogP) is 2.86. The highest BCUT2D eigenvalue weighted by molar-refractivity contribution is 5.21. The topological polar surface area (TPSA) is 9.23 Å². The standard InChI is InChI=1S/C10H14O/c1-3-9(2)11-10-7-5-4-6-8-10/h4-9H,3H2,1-2H3/t9-/m1/s1/i3D/t3-,9-. The molecule has 0 heterocycles. The molecule has 60 valence electrons. The van der Waals surface area contributed by atoms with Crippen LogP contribution in [-0.4, -0.2) is 6.10 Å². The van der Waals surface area contributed by atoms with Gasteiger partial charge >= 0.3 is 0 Å². The van der Waals surface area contributed by atoms with Crippen LogP contribution in [0.3, 0.4) is 0 Å². The second-order valence-electron chi connectivity index (χ2n) is 2.47. The van der Waals surface area contributed by atoms with Crippen LogP contribution in [0.5, 0.6) is 5.75 Å². The quantitative estimate of drug-likeness (QED) is 0.645. The lowest BCUT2D eigenvalue weighted by atomic mass is 10.3. The minimum atomic E-state index is -0.190. The van der Waals surface area contributed by atoms with E-state index in [0.717, 1.165) is 5.75 Å². The molecular weight excluding hydrogens is 136 g/mol. The maximum Gasteiger partial charge on any atom is 0.119 e. The highest BCUT2D eigenvalue weighted by atomic mass is 16.5. The molecule has 0 saturated carbocycles. The second-order valence-corrected chi connectivity index (χ2v) is 2.47. The predicted molar refractivity (Wildman–Crippen MR) is 46.8 cm³/mol. The molecule has 1 nitrogen and oxygen atoms in total. The van der Waals surface area contributed by atoms with Crippen LogP contribution >= 0.6 is 0 Å². The summed E-state index contributed by atoms with van der Waals surface area (Å²) < 4.78 is 12.9. The normalized spacial score (nSPS) is 16.7. The Morgan fingerprint density at radius 2 is 2.09 bits per heavy atom. The van der Waals surface area contributed by atoms with E-state index in [4.69, 9.17) is 6.11 Å². The van der Waals surface area contributed by atoms with Crippen LogP contribution in [0.1, 0.15) is 21.6 Å². The molecule has 0 spiro atoms. The van der Waals surface area contributed by atoms with E-state index in [2.05, 4.69) is 0 Å². The number of para-hydroxylation sites is 1. The summed E-state index contributed by atoms with van der Waals surface area (Å²) in [5.41, 5.74) is 0. The first-order valence-electron chi connectivity index (χ1n) is 4.42. The summed E-state index contributed by atoms with van der Waals surface area (Å²) in [6.45, 7) is 3.73. The van der Waals surface area contributed by atoms with Crippen molar-refractivity contribution < 1.29 is 6.11 Å². The molecule has 0 amide bonds. The fraction of sp³-hybridized carbons (Fsp3) is 0.400. The number of benzene rings is 1. The van der Waals surface area contributed by atoms with Crippen LogP contribution in [0.25, 0.3) is 0 Å². The monoisotopic (exact) mass is 151 g/mol. The molecule has 1 aromatic rings. The van der Waals surface area contributed by atoms with Crippen LogP contribution in [0.4, 0.5) is 0 Å². The van der Waals surface area contributed by atoms with Crippen LogP contribution in [0.15, 0.2) is 30.3 Å². The first kappa shape index (κ1) is 6.71. The molecule has 1 aromatic carbocycles. The summed E-state index contributed by atoms with van der Waals surface area (Å²) in [6.07, 6.45) is -0.238. The van der Waals surface area contributed by atoms with Gasteiger partial charge in [-0.25, -0.2) is 0 Å². The third-order valence-electron chi connectivity index (χ3n) is 1.53. The third-order valence-corrected chi connectivity index (χ3v) is 1.53. The first-order valence-corrected chi connectivity index (χ1v) is 3.84. The van der Waals surface area contributed by atoms with Crippen molar-refractivity contribution in [2.45, 2.75) is 26.3 Å². The van der Waals surface area contributed by atoms with Gasteiger partial charge in [0.25, 0.3) is 0 Å². The van der Waals surface area contributed by atoms with Crippen molar-refractivity contribution in [3.8, 4) is 5.75 Å². The van der Waals surface area contributed by atoms with E-state index in [1.54, 1.807) is 0 Å². The molecule has 0 radical (unpaired) electrons. The van der Waals surface area contributed by atoms with Gasteiger partial charge in [0.2, 0.25) is 0 Å². The fourth-order valence-electron chi connectivity index (χ4n) is 0.782. The maximum atomic E-state index is 7.41. The first-order chi connectivity index (χ1) is 5.70. The molecule has 1 heteroatoms. The Balaban J connectivity index is 2.53. The molecule has 0 fully saturated rings. The molecule has 0 aliphatic carbocycles. The average Bonchev–Trinajstić information content (AvgIpc) is 2.06. The zero-order chi connectivity index (χ0) is 8.97. The Bertz CT molecular complexity index is 221. The van der Waals surface area contributed by atoms with Gasteiger partial charge in [-0.15, -0.1) is 0 Å². The minimum absolute atomic E-state index is 0.0487. The van der Waals surface area contributed by atoms with E-state index in [0.29, 0.717) is 0 Å². The zero-order valence-corrected chi connectivity index (χ0v) is 6.95. The van der Waals surface area contributed by atoms with Gasteiger partial charge in [0, 0.05) is 1.37 Å². The SMILES string of the molecule is [2H][C@H](C)[C@@H](C)Oc1ccccc1. The van der Waals surface area contributed by atoms with Crippen LogP contribution < -0.4 is 4.74 Å². The van der Waals surface area contributed by atoms with Gasteiger partial charge in [0.15, 0.2) is 0 Å². The third kappa shape index (κ3) is 2.62. The van der Waals surface area contributed by atoms with Crippen molar-refractivity contribution in [2.75, 3.05) is 0 Å². The van der Waals surface area contributed by atoms with E-state index >= 15 is 0 Å². The van der Waals surface area contributed by atoms with Gasteiger partial charge in [0.1, 0.15) is 5.75 Å². The molecule has 11 heavy (non-hydrogen) atoms. The van der Waals surface area contributed by atoms with E-state index in [1.807, 2.05) is 44.2 Å². The Kier molecular flexibility index (Phi) is 2.45. The van der Waals surface area contributed by atoms with Gasteiger partial charge in [-0.05, 0) is 25.5 Å². The summed E-state index contributed by atoms with van der Waals surface area (Å²) in [4.78, 5) is 0. The summed E-state index contributed by atoms with van der Waals surface area (Å²) in [5.74, 6) is 0.837. The molecule has 2 atom stereocenters. The van der Waals surface area contributed by atoms with Crippen LogP contribution in [0, 0.1) is 0 Å². The molecule has 0 unspecified atom stereocenters. The lowest BCUT2D eigenvalue weighted by Gasteiger charge is -2.11. The van der Waals surface area contributed by atoms with Crippen molar-refractivity contribution in [2.24, 2.45) is 0 Å². The molecule has 0 aliphatic heterocycles. The van der Waals surface area contributed by atoms with Gasteiger partial charge in [-0.1, -0.05) is 25.1 Å². The summed E-state index contributed by atoms with van der Waals surface area (Å²) in [5, 5.41) is 0. The highest BCUT2D eigenvalue weighted by Crippen LogP contribution is 2.11. The molecule has 0 aromatic heterocycles. The summed E-state index contributed by atoms with van der Waals surface area (Å²) in [7, 11) is 0. The fourth-order valence-corrected chi connectivity index (χ4v) is 0.782. The van der Waals surface area contributed by atoms with E-state index in [1.165, 1.54) is 0 Å². The lowest BCUT2D eigenvalue weighted by Crippen LogP contribution is -2.09. The van der Waals surface area contributed by atoms with Crippen LogP contribution in [0.2, 0.25) is 0 Å². The lowest BCUT2D eigenvalue weighted by molar-refractivity contribution is 0.217. The number of ether oxygens (including phenoxy) is 1. The van der Waals surface area contributed by atoms with Gasteiger partial charge in [0.05, 0.1) is 6.10 Å². The van der Waals surface area contributed by atoms with Gasteiger partial charge < -0.3 is 4.74 Å². The summed E-state index contributed by atoms with van der Waals surface area (Å²) >= 11 is 0. The second kappa shape index (κ2) is 4.02. The molecular formula is C10H14O. The van der Waals surface area contributed by atoms with E-state index in [-0.39, 0.29) is 12.5 Å². The molecule has 1 rings (SSSR count). The smallest absolute Gasteiger partial charge is 0.119 e. The zero-order valence-electron chi connectivity index (χ0n) is 7.95. The van der Waals surface area contributed by atoms with E-state index < -0.39 is 0 Å². The number of rotatable bonds is 3. The summed E-state index contributed by atoms with van der Waals surface area (Å²) in [6, 6.07) is 9.60. The van der Waals surface area contributed by atoms with Crippen molar-refractivity contribution in [1.82, 2.24) is 0 Å². The molecule has 0 saturated heterocycles. The molecule has 0 N–H and O–H groups in total. The Hall–Kier alpha value is -0.980. The van der Waals surface area contributed by atoms with Gasteiger partial charge in [-0.3, -0.25) is 0 Å². The Morgan fingerprint density at radius 3 is 2.64 bits per heavy atom. The Labute approximate surface area is 69.4 Å². The number of hydrogen-bond acceptors (Lipinski definition) is 1. The molecule has 0 aliphatic rings. The van der Waals surface area contributed by atoms with Crippen molar-refractivity contribution >= 4 is 0 Å². The van der Waals surface area contributed by atoms with Crippen molar-refractivity contribution in [3.05, 3.63) is 30.3 Å². The van der Waals surface area contributed by atoms with E-state index in [9.17, 15) is 0 Å².